The van der Waals surface area contributed by atoms with E-state index >= 15 is 0 Å². The standard InChI is InChI=1S/C12H22N4O2S/c1-5-9-15-16-11(19-9)14-10(18)13-7-12(3,4)6-8(2)17/h8,17H,5-7H2,1-4H3,(H2,13,14,16,18). The molecule has 1 aromatic heterocycles. The van der Waals surface area contributed by atoms with E-state index in [0.29, 0.717) is 18.1 Å². The van der Waals surface area contributed by atoms with E-state index in [1.807, 2.05) is 20.8 Å². The third-order valence-electron chi connectivity index (χ3n) is 2.57. The molecule has 19 heavy (non-hydrogen) atoms. The highest BCUT2D eigenvalue weighted by Crippen LogP contribution is 2.21. The van der Waals surface area contributed by atoms with Gasteiger partial charge in [0, 0.05) is 6.54 Å². The van der Waals surface area contributed by atoms with Crippen molar-refractivity contribution < 1.29 is 9.90 Å². The molecule has 0 saturated heterocycles. The highest BCUT2D eigenvalue weighted by molar-refractivity contribution is 7.15. The van der Waals surface area contributed by atoms with Gasteiger partial charge in [0.1, 0.15) is 5.01 Å². The molecule has 1 heterocycles. The zero-order valence-electron chi connectivity index (χ0n) is 11.9. The Bertz CT molecular complexity index is 418. The van der Waals surface area contributed by atoms with Crippen LogP contribution in [0.5, 0.6) is 0 Å². The number of aliphatic hydroxyl groups excluding tert-OH is 1. The first-order valence-corrected chi connectivity index (χ1v) is 7.19. The first-order valence-electron chi connectivity index (χ1n) is 6.37. The zero-order chi connectivity index (χ0) is 14.5. The van der Waals surface area contributed by atoms with E-state index in [4.69, 9.17) is 0 Å². The van der Waals surface area contributed by atoms with Gasteiger partial charge in [-0.15, -0.1) is 10.2 Å². The predicted molar refractivity (Wildman–Crippen MR) is 76.4 cm³/mol. The number of amides is 2. The van der Waals surface area contributed by atoms with Gasteiger partial charge in [0.25, 0.3) is 0 Å². The number of urea groups is 1. The number of aliphatic hydroxyl groups is 1. The van der Waals surface area contributed by atoms with Gasteiger partial charge in [-0.3, -0.25) is 5.32 Å². The molecule has 1 rings (SSSR count). The van der Waals surface area contributed by atoms with E-state index in [0.717, 1.165) is 11.4 Å². The molecule has 108 valence electrons. The Balaban J connectivity index is 2.39. The number of aryl methyl sites for hydroxylation is 1. The van der Waals surface area contributed by atoms with Crippen LogP contribution in [-0.2, 0) is 6.42 Å². The molecule has 1 aromatic rings. The summed E-state index contributed by atoms with van der Waals surface area (Å²) in [6.07, 6.45) is 1.06. The molecule has 6 nitrogen and oxygen atoms in total. The Morgan fingerprint density at radius 3 is 2.68 bits per heavy atom. The van der Waals surface area contributed by atoms with Crippen LogP contribution in [0.4, 0.5) is 9.93 Å². The molecule has 2 amide bonds. The zero-order valence-corrected chi connectivity index (χ0v) is 12.7. The smallest absolute Gasteiger partial charge is 0.321 e. The van der Waals surface area contributed by atoms with Crippen LogP contribution in [0.25, 0.3) is 0 Å². The van der Waals surface area contributed by atoms with E-state index in [-0.39, 0.29) is 17.6 Å². The van der Waals surface area contributed by atoms with Crippen LogP contribution in [0.2, 0.25) is 0 Å². The molecule has 0 bridgehead atoms. The van der Waals surface area contributed by atoms with E-state index in [1.54, 1.807) is 6.92 Å². The van der Waals surface area contributed by atoms with Gasteiger partial charge in [-0.2, -0.15) is 0 Å². The van der Waals surface area contributed by atoms with Crippen molar-refractivity contribution >= 4 is 22.5 Å². The van der Waals surface area contributed by atoms with E-state index in [1.165, 1.54) is 11.3 Å². The van der Waals surface area contributed by atoms with Gasteiger partial charge in [-0.25, -0.2) is 4.79 Å². The first-order chi connectivity index (χ1) is 8.82. The molecule has 0 saturated carbocycles. The average molecular weight is 286 g/mol. The number of rotatable bonds is 6. The fourth-order valence-corrected chi connectivity index (χ4v) is 2.45. The molecule has 0 radical (unpaired) electrons. The minimum absolute atomic E-state index is 0.152. The number of aromatic nitrogens is 2. The summed E-state index contributed by atoms with van der Waals surface area (Å²) in [6.45, 7) is 8.22. The minimum Gasteiger partial charge on any atom is -0.393 e. The van der Waals surface area contributed by atoms with Crippen LogP contribution in [-0.4, -0.2) is 34.0 Å². The lowest BCUT2D eigenvalue weighted by molar-refractivity contribution is 0.129. The van der Waals surface area contributed by atoms with Crippen LogP contribution in [0, 0.1) is 5.41 Å². The third kappa shape index (κ3) is 5.98. The first kappa shape index (κ1) is 15.8. The van der Waals surface area contributed by atoms with Gasteiger partial charge in [-0.1, -0.05) is 32.1 Å². The Kier molecular flexibility index (Phi) is 5.68. The van der Waals surface area contributed by atoms with E-state index in [2.05, 4.69) is 20.8 Å². The molecular formula is C12H22N4O2S. The van der Waals surface area contributed by atoms with Crippen molar-refractivity contribution in [2.75, 3.05) is 11.9 Å². The molecule has 0 aliphatic rings. The Morgan fingerprint density at radius 1 is 1.47 bits per heavy atom. The molecule has 0 aliphatic heterocycles. The van der Waals surface area contributed by atoms with Crippen LogP contribution in [0.15, 0.2) is 0 Å². The predicted octanol–water partition coefficient (Wildman–Crippen LogP) is 2.02. The van der Waals surface area contributed by atoms with Gasteiger partial charge in [-0.05, 0) is 25.2 Å². The number of nitrogens with one attached hydrogen (secondary N) is 2. The van der Waals surface area contributed by atoms with Crippen molar-refractivity contribution in [1.29, 1.82) is 0 Å². The van der Waals surface area contributed by atoms with E-state index in [9.17, 15) is 9.90 Å². The second kappa shape index (κ2) is 6.81. The van der Waals surface area contributed by atoms with Crippen LogP contribution in [0.1, 0.15) is 39.1 Å². The van der Waals surface area contributed by atoms with Crippen LogP contribution in [0.3, 0.4) is 0 Å². The fraction of sp³-hybridized carbons (Fsp3) is 0.750. The Labute approximate surface area is 117 Å². The topological polar surface area (TPSA) is 87.1 Å². The van der Waals surface area contributed by atoms with Crippen molar-refractivity contribution in [3.63, 3.8) is 0 Å². The number of hydrogen-bond acceptors (Lipinski definition) is 5. The van der Waals surface area contributed by atoms with Gasteiger partial charge in [0.05, 0.1) is 6.10 Å². The summed E-state index contributed by atoms with van der Waals surface area (Å²) in [6, 6.07) is -0.294. The summed E-state index contributed by atoms with van der Waals surface area (Å²) >= 11 is 1.37. The molecule has 3 N–H and O–H groups in total. The quantitative estimate of drug-likeness (QED) is 0.746. The molecule has 0 aromatic carbocycles. The molecule has 0 spiro atoms. The summed E-state index contributed by atoms with van der Waals surface area (Å²) in [4.78, 5) is 11.7. The number of carbonyl (C=O) groups excluding carboxylic acids is 1. The van der Waals surface area contributed by atoms with Gasteiger partial charge in [0.2, 0.25) is 5.13 Å². The molecule has 1 atom stereocenters. The maximum Gasteiger partial charge on any atom is 0.321 e. The lowest BCUT2D eigenvalue weighted by atomic mass is 9.87. The number of hydrogen-bond donors (Lipinski definition) is 3. The molecule has 1 unspecified atom stereocenters. The normalized spacial score (nSPS) is 13.1. The van der Waals surface area contributed by atoms with Crippen molar-refractivity contribution in [2.24, 2.45) is 5.41 Å². The summed E-state index contributed by atoms with van der Waals surface area (Å²) in [7, 11) is 0. The van der Waals surface area contributed by atoms with Crippen molar-refractivity contribution in [1.82, 2.24) is 15.5 Å². The average Bonchev–Trinajstić information content (AvgIpc) is 2.72. The molecule has 0 aliphatic carbocycles. The minimum atomic E-state index is -0.380. The maximum absolute atomic E-state index is 11.7. The van der Waals surface area contributed by atoms with Gasteiger partial charge >= 0.3 is 6.03 Å². The molecule has 0 fully saturated rings. The van der Waals surface area contributed by atoms with Crippen LogP contribution >= 0.6 is 11.3 Å². The highest BCUT2D eigenvalue weighted by atomic mass is 32.1. The molecular weight excluding hydrogens is 264 g/mol. The summed E-state index contributed by atoms with van der Waals surface area (Å²) in [5, 5.41) is 24.0. The number of anilines is 1. The van der Waals surface area contributed by atoms with Crippen LogP contribution < -0.4 is 10.6 Å². The monoisotopic (exact) mass is 286 g/mol. The third-order valence-corrected chi connectivity index (χ3v) is 3.55. The largest absolute Gasteiger partial charge is 0.393 e. The lowest BCUT2D eigenvalue weighted by Gasteiger charge is -2.26. The maximum atomic E-state index is 11.7. The summed E-state index contributed by atoms with van der Waals surface area (Å²) in [5.74, 6) is 0. The SMILES string of the molecule is CCc1nnc(NC(=O)NCC(C)(C)CC(C)O)s1. The van der Waals surface area contributed by atoms with Gasteiger partial charge < -0.3 is 10.4 Å². The second-order valence-corrected chi connectivity index (χ2v) is 6.44. The second-order valence-electron chi connectivity index (χ2n) is 5.38. The number of nitrogens with zero attached hydrogens (tertiary/aromatic N) is 2. The summed E-state index contributed by atoms with van der Waals surface area (Å²) < 4.78 is 0. The highest BCUT2D eigenvalue weighted by Gasteiger charge is 2.21. The molecule has 7 heteroatoms. The Hall–Kier alpha value is -1.21. The Morgan fingerprint density at radius 2 is 2.16 bits per heavy atom. The number of carbonyl (C=O) groups is 1. The fourth-order valence-electron chi connectivity index (χ4n) is 1.78. The van der Waals surface area contributed by atoms with Gasteiger partial charge in [0.15, 0.2) is 0 Å². The van der Waals surface area contributed by atoms with Crippen molar-refractivity contribution in [3.8, 4) is 0 Å². The van der Waals surface area contributed by atoms with Crippen molar-refractivity contribution in [3.05, 3.63) is 5.01 Å². The van der Waals surface area contributed by atoms with E-state index < -0.39 is 0 Å². The lowest BCUT2D eigenvalue weighted by Crippen LogP contribution is -2.38. The van der Waals surface area contributed by atoms with Crippen molar-refractivity contribution in [2.45, 2.75) is 46.6 Å². The summed E-state index contributed by atoms with van der Waals surface area (Å²) in [5.41, 5.74) is -0.152.